The highest BCUT2D eigenvalue weighted by Gasteiger charge is 2.10. The van der Waals surface area contributed by atoms with Crippen LogP contribution in [0.25, 0.3) is 11.6 Å². The van der Waals surface area contributed by atoms with Gasteiger partial charge in [0.2, 0.25) is 0 Å². The SMILES string of the molecule is CC(C)COc1c(Br)cc(/C=C(\C#N)c2ccccc2)cc1Br. The maximum Gasteiger partial charge on any atom is 0.147 e. The van der Waals surface area contributed by atoms with Crippen molar-refractivity contribution in [3.05, 3.63) is 62.5 Å². The number of hydrogen-bond donors (Lipinski definition) is 0. The topological polar surface area (TPSA) is 33.0 Å². The molecule has 4 heteroatoms. The maximum absolute atomic E-state index is 9.41. The fourth-order valence-electron chi connectivity index (χ4n) is 2.02. The molecule has 0 aromatic heterocycles. The molecule has 0 unspecified atom stereocenters. The van der Waals surface area contributed by atoms with Gasteiger partial charge in [0.1, 0.15) is 5.75 Å². The summed E-state index contributed by atoms with van der Waals surface area (Å²) in [4.78, 5) is 0. The quantitative estimate of drug-likeness (QED) is 0.408. The van der Waals surface area contributed by atoms with Crippen LogP contribution in [0.4, 0.5) is 0 Å². The van der Waals surface area contributed by atoms with Crippen LogP contribution in [0.1, 0.15) is 25.0 Å². The molecule has 0 aliphatic rings. The van der Waals surface area contributed by atoms with Crippen molar-refractivity contribution in [2.75, 3.05) is 6.61 Å². The highest BCUT2D eigenvalue weighted by atomic mass is 79.9. The second-order valence-electron chi connectivity index (χ2n) is 5.55. The molecule has 0 radical (unpaired) electrons. The molecule has 0 spiro atoms. The minimum Gasteiger partial charge on any atom is -0.491 e. The molecular weight excluding hydrogens is 418 g/mol. The van der Waals surface area contributed by atoms with Crippen LogP contribution < -0.4 is 4.74 Å². The first-order valence-electron chi connectivity index (χ1n) is 7.30. The van der Waals surface area contributed by atoms with Crippen molar-refractivity contribution in [3.63, 3.8) is 0 Å². The Hall–Kier alpha value is -1.57. The maximum atomic E-state index is 9.41. The number of hydrogen-bond acceptors (Lipinski definition) is 2. The van der Waals surface area contributed by atoms with Crippen LogP contribution in [0.3, 0.4) is 0 Å². The summed E-state index contributed by atoms with van der Waals surface area (Å²) in [6, 6.07) is 15.8. The highest BCUT2D eigenvalue weighted by Crippen LogP contribution is 2.36. The minimum absolute atomic E-state index is 0.455. The minimum atomic E-state index is 0.455. The van der Waals surface area contributed by atoms with Gasteiger partial charge in [0.05, 0.1) is 27.2 Å². The first-order valence-corrected chi connectivity index (χ1v) is 8.89. The predicted molar refractivity (Wildman–Crippen MR) is 102 cm³/mol. The van der Waals surface area contributed by atoms with Gasteiger partial charge in [-0.15, -0.1) is 0 Å². The fourth-order valence-corrected chi connectivity index (χ4v) is 3.47. The molecule has 0 aliphatic heterocycles. The van der Waals surface area contributed by atoms with E-state index in [2.05, 4.69) is 51.8 Å². The summed E-state index contributed by atoms with van der Waals surface area (Å²) in [6.45, 7) is 4.87. The van der Waals surface area contributed by atoms with E-state index in [1.807, 2.05) is 48.5 Å². The normalized spacial score (nSPS) is 11.4. The van der Waals surface area contributed by atoms with Crippen LogP contribution >= 0.6 is 31.9 Å². The summed E-state index contributed by atoms with van der Waals surface area (Å²) in [6.07, 6.45) is 1.87. The molecule has 0 saturated heterocycles. The lowest BCUT2D eigenvalue weighted by Gasteiger charge is -2.13. The van der Waals surface area contributed by atoms with Gasteiger partial charge < -0.3 is 4.74 Å². The van der Waals surface area contributed by atoms with Crippen LogP contribution in [-0.4, -0.2) is 6.61 Å². The highest BCUT2D eigenvalue weighted by molar-refractivity contribution is 9.11. The van der Waals surface area contributed by atoms with E-state index in [1.54, 1.807) is 0 Å². The fraction of sp³-hybridized carbons (Fsp3) is 0.211. The standard InChI is InChI=1S/C19H17Br2NO/c1-13(2)12-23-19-17(20)9-14(10-18(19)21)8-16(11-22)15-6-4-3-5-7-15/h3-10,13H,12H2,1-2H3/b16-8+. The predicted octanol–water partition coefficient (Wildman–Crippen LogP) is 6.31. The van der Waals surface area contributed by atoms with Crippen LogP contribution in [0, 0.1) is 17.2 Å². The number of halogens is 2. The second-order valence-corrected chi connectivity index (χ2v) is 7.26. The van der Waals surface area contributed by atoms with Gasteiger partial charge in [-0.1, -0.05) is 44.2 Å². The van der Waals surface area contributed by atoms with E-state index < -0.39 is 0 Å². The van der Waals surface area contributed by atoms with Gasteiger partial charge in [0, 0.05) is 0 Å². The Balaban J connectivity index is 2.34. The van der Waals surface area contributed by atoms with Crippen molar-refractivity contribution in [3.8, 4) is 11.8 Å². The van der Waals surface area contributed by atoms with Gasteiger partial charge in [0.25, 0.3) is 0 Å². The Morgan fingerprint density at radius 3 is 2.30 bits per heavy atom. The zero-order chi connectivity index (χ0) is 16.8. The molecule has 118 valence electrons. The smallest absolute Gasteiger partial charge is 0.147 e. The summed E-state index contributed by atoms with van der Waals surface area (Å²) in [5.74, 6) is 1.24. The molecule has 2 nitrogen and oxygen atoms in total. The number of ether oxygens (including phenoxy) is 1. The van der Waals surface area contributed by atoms with E-state index >= 15 is 0 Å². The number of rotatable bonds is 5. The first-order chi connectivity index (χ1) is 11.0. The zero-order valence-corrected chi connectivity index (χ0v) is 16.2. The molecule has 2 aromatic rings. The number of nitrogens with zero attached hydrogens (tertiary/aromatic N) is 1. The van der Waals surface area contributed by atoms with Crippen LogP contribution in [0.2, 0.25) is 0 Å². The van der Waals surface area contributed by atoms with Gasteiger partial charge in [0.15, 0.2) is 0 Å². The molecule has 0 saturated carbocycles. The van der Waals surface area contributed by atoms with Gasteiger partial charge in [-0.25, -0.2) is 0 Å². The molecule has 0 heterocycles. The lowest BCUT2D eigenvalue weighted by atomic mass is 10.0. The van der Waals surface area contributed by atoms with Crippen molar-refractivity contribution in [1.82, 2.24) is 0 Å². The van der Waals surface area contributed by atoms with Crippen LogP contribution in [-0.2, 0) is 0 Å². The van der Waals surface area contributed by atoms with Crippen molar-refractivity contribution in [1.29, 1.82) is 5.26 Å². The average molecular weight is 435 g/mol. The molecule has 0 atom stereocenters. The van der Waals surface area contributed by atoms with Crippen LogP contribution in [0.5, 0.6) is 5.75 Å². The second kappa shape index (κ2) is 8.33. The zero-order valence-electron chi connectivity index (χ0n) is 13.0. The molecule has 0 bridgehead atoms. The molecule has 0 aliphatic carbocycles. The largest absolute Gasteiger partial charge is 0.491 e. The number of benzene rings is 2. The van der Waals surface area contributed by atoms with E-state index in [0.717, 1.165) is 25.8 Å². The van der Waals surface area contributed by atoms with E-state index in [0.29, 0.717) is 18.1 Å². The third-order valence-electron chi connectivity index (χ3n) is 3.10. The van der Waals surface area contributed by atoms with Crippen molar-refractivity contribution in [2.45, 2.75) is 13.8 Å². The third kappa shape index (κ3) is 4.95. The van der Waals surface area contributed by atoms with Crippen LogP contribution in [0.15, 0.2) is 51.4 Å². The van der Waals surface area contributed by atoms with E-state index in [4.69, 9.17) is 4.74 Å². The van der Waals surface area contributed by atoms with Crippen molar-refractivity contribution in [2.24, 2.45) is 5.92 Å². The van der Waals surface area contributed by atoms with Crippen molar-refractivity contribution < 1.29 is 4.74 Å². The Bertz CT molecular complexity index is 723. The van der Waals surface area contributed by atoms with Crippen molar-refractivity contribution >= 4 is 43.5 Å². The summed E-state index contributed by atoms with van der Waals surface area (Å²) >= 11 is 7.10. The average Bonchev–Trinajstić information content (AvgIpc) is 2.52. The Labute approximate surface area is 154 Å². The summed E-state index contributed by atoms with van der Waals surface area (Å²) in [5, 5.41) is 9.41. The summed E-state index contributed by atoms with van der Waals surface area (Å²) in [7, 11) is 0. The van der Waals surface area contributed by atoms with Gasteiger partial charge in [-0.2, -0.15) is 5.26 Å². The van der Waals surface area contributed by atoms with Gasteiger partial charge in [-0.05, 0) is 67.1 Å². The monoisotopic (exact) mass is 433 g/mol. The Kier molecular flexibility index (Phi) is 6.44. The number of allylic oxidation sites excluding steroid dienone is 1. The van der Waals surface area contributed by atoms with Gasteiger partial charge >= 0.3 is 0 Å². The molecule has 0 amide bonds. The Morgan fingerprint density at radius 1 is 1.17 bits per heavy atom. The lowest BCUT2D eigenvalue weighted by molar-refractivity contribution is 0.268. The molecule has 2 rings (SSSR count). The number of nitriles is 1. The molecular formula is C19H17Br2NO. The van der Waals surface area contributed by atoms with Gasteiger partial charge in [-0.3, -0.25) is 0 Å². The first kappa shape index (κ1) is 17.8. The van der Waals surface area contributed by atoms with E-state index in [1.165, 1.54) is 0 Å². The molecule has 2 aromatic carbocycles. The van der Waals surface area contributed by atoms with E-state index in [-0.39, 0.29) is 0 Å². The third-order valence-corrected chi connectivity index (χ3v) is 4.28. The lowest BCUT2D eigenvalue weighted by Crippen LogP contribution is -2.05. The summed E-state index contributed by atoms with van der Waals surface area (Å²) in [5.41, 5.74) is 2.46. The van der Waals surface area contributed by atoms with E-state index in [9.17, 15) is 5.26 Å². The summed E-state index contributed by atoms with van der Waals surface area (Å²) < 4.78 is 7.55. The molecule has 0 fully saturated rings. The molecule has 23 heavy (non-hydrogen) atoms. The Morgan fingerprint density at radius 2 is 1.78 bits per heavy atom. The molecule has 0 N–H and O–H groups in total.